The van der Waals surface area contributed by atoms with Crippen molar-refractivity contribution in [3.8, 4) is 22.6 Å². The van der Waals surface area contributed by atoms with E-state index in [0.29, 0.717) is 18.4 Å². The van der Waals surface area contributed by atoms with Crippen LogP contribution in [0.3, 0.4) is 0 Å². The minimum absolute atomic E-state index is 0. The SMILES string of the molecule is NC[C@@H]1CCCO1.O.O.O=C(Nc1cccc(-c2ccc(S)cc2)c1)C1(c2ccc3c(c2)OCO3)CC1.[HH]. The number of carbonyl (C=O) groups is 1. The van der Waals surface area contributed by atoms with Crippen molar-refractivity contribution in [2.24, 2.45) is 5.73 Å². The van der Waals surface area contributed by atoms with E-state index in [2.05, 4.69) is 17.9 Å². The summed E-state index contributed by atoms with van der Waals surface area (Å²) in [6.45, 7) is 1.85. The first-order valence-corrected chi connectivity index (χ1v) is 12.4. The third-order valence-electron chi connectivity index (χ3n) is 6.72. The molecule has 7 N–H and O–H groups in total. The molecule has 0 spiro atoms. The van der Waals surface area contributed by atoms with Crippen LogP contribution in [0, 0.1) is 0 Å². The van der Waals surface area contributed by atoms with E-state index in [0.717, 1.165) is 58.9 Å². The lowest BCUT2D eigenvalue weighted by Crippen LogP contribution is -2.27. The minimum Gasteiger partial charge on any atom is -0.454 e. The van der Waals surface area contributed by atoms with Gasteiger partial charge >= 0.3 is 0 Å². The highest BCUT2D eigenvalue weighted by molar-refractivity contribution is 7.80. The topological polar surface area (TPSA) is 146 Å². The van der Waals surface area contributed by atoms with Gasteiger partial charge in [0.1, 0.15) is 0 Å². The molecule has 3 aromatic rings. The molecule has 200 valence electrons. The maximum Gasteiger partial charge on any atom is 0.235 e. The van der Waals surface area contributed by atoms with Crippen molar-refractivity contribution >= 4 is 24.2 Å². The molecule has 9 heteroatoms. The van der Waals surface area contributed by atoms with Crippen molar-refractivity contribution in [3.05, 3.63) is 72.3 Å². The molecular weight excluding hydrogens is 492 g/mol. The number of rotatable bonds is 5. The van der Waals surface area contributed by atoms with Crippen molar-refractivity contribution in [1.29, 1.82) is 0 Å². The summed E-state index contributed by atoms with van der Waals surface area (Å²) >= 11 is 4.33. The van der Waals surface area contributed by atoms with Gasteiger partial charge < -0.3 is 36.2 Å². The molecule has 37 heavy (non-hydrogen) atoms. The third-order valence-corrected chi connectivity index (χ3v) is 7.02. The summed E-state index contributed by atoms with van der Waals surface area (Å²) in [6.07, 6.45) is 4.40. The van der Waals surface area contributed by atoms with Gasteiger partial charge in [0.15, 0.2) is 11.5 Å². The van der Waals surface area contributed by atoms with E-state index >= 15 is 0 Å². The van der Waals surface area contributed by atoms with Gasteiger partial charge in [0.2, 0.25) is 12.7 Å². The lowest BCUT2D eigenvalue weighted by atomic mass is 9.94. The van der Waals surface area contributed by atoms with E-state index in [4.69, 9.17) is 19.9 Å². The number of ether oxygens (including phenoxy) is 3. The van der Waals surface area contributed by atoms with Gasteiger partial charge in [-0.2, -0.15) is 0 Å². The van der Waals surface area contributed by atoms with Crippen LogP contribution in [0.25, 0.3) is 11.1 Å². The zero-order chi connectivity index (χ0) is 24.3. The molecule has 1 atom stereocenters. The fourth-order valence-electron chi connectivity index (χ4n) is 4.48. The van der Waals surface area contributed by atoms with Gasteiger partial charge in [-0.05, 0) is 78.8 Å². The summed E-state index contributed by atoms with van der Waals surface area (Å²) in [6, 6.07) is 21.7. The summed E-state index contributed by atoms with van der Waals surface area (Å²) in [5, 5.41) is 3.11. The predicted molar refractivity (Wildman–Crippen MR) is 149 cm³/mol. The summed E-state index contributed by atoms with van der Waals surface area (Å²) in [5.74, 6) is 1.47. The average molecular weight is 529 g/mol. The first kappa shape index (κ1) is 28.5. The second-order valence-corrected chi connectivity index (χ2v) is 9.62. The molecule has 0 radical (unpaired) electrons. The highest BCUT2D eigenvalue weighted by Crippen LogP contribution is 2.51. The monoisotopic (exact) mass is 528 g/mol. The first-order chi connectivity index (χ1) is 17.1. The van der Waals surface area contributed by atoms with Crippen LogP contribution in [0.5, 0.6) is 11.5 Å². The highest BCUT2D eigenvalue weighted by atomic mass is 32.1. The lowest BCUT2D eigenvalue weighted by molar-refractivity contribution is -0.118. The van der Waals surface area contributed by atoms with Crippen LogP contribution in [0.15, 0.2) is 71.6 Å². The molecule has 8 nitrogen and oxygen atoms in total. The molecule has 3 aliphatic rings. The summed E-state index contributed by atoms with van der Waals surface area (Å²) < 4.78 is 16.0. The number of benzene rings is 3. The number of nitrogens with two attached hydrogens (primary N) is 1. The van der Waals surface area contributed by atoms with Gasteiger partial charge in [-0.25, -0.2) is 0 Å². The molecule has 1 amide bonds. The van der Waals surface area contributed by atoms with Crippen molar-refractivity contribution in [1.82, 2.24) is 0 Å². The van der Waals surface area contributed by atoms with Crippen LogP contribution in [-0.4, -0.2) is 42.9 Å². The maximum atomic E-state index is 13.1. The molecule has 2 heterocycles. The summed E-state index contributed by atoms with van der Waals surface area (Å²) in [4.78, 5) is 14.0. The molecule has 0 unspecified atom stereocenters. The van der Waals surface area contributed by atoms with Gasteiger partial charge in [0, 0.05) is 25.2 Å². The van der Waals surface area contributed by atoms with Crippen LogP contribution in [0.4, 0.5) is 5.69 Å². The summed E-state index contributed by atoms with van der Waals surface area (Å²) in [5.41, 5.74) is 8.75. The Kier molecular flexibility index (Phi) is 9.58. The molecule has 6 rings (SSSR count). The number of fused-ring (bicyclic) bond motifs is 1. The number of nitrogens with one attached hydrogen (secondary N) is 1. The van der Waals surface area contributed by atoms with Gasteiger partial charge in [-0.15, -0.1) is 12.6 Å². The maximum absolute atomic E-state index is 13.1. The number of amides is 1. The Bertz CT molecular complexity index is 1200. The fourth-order valence-corrected chi connectivity index (χ4v) is 4.63. The molecule has 2 fully saturated rings. The Labute approximate surface area is 223 Å². The predicted octanol–water partition coefficient (Wildman–Crippen LogP) is 3.76. The number of hydrogen-bond acceptors (Lipinski definition) is 6. The van der Waals surface area contributed by atoms with E-state index in [-0.39, 0.29) is 25.1 Å². The van der Waals surface area contributed by atoms with Gasteiger partial charge in [0.05, 0.1) is 11.5 Å². The second-order valence-electron chi connectivity index (χ2n) is 9.10. The smallest absolute Gasteiger partial charge is 0.235 e. The van der Waals surface area contributed by atoms with E-state index < -0.39 is 5.41 Å². The number of anilines is 1. The molecule has 1 aliphatic carbocycles. The quantitative estimate of drug-likeness (QED) is 0.432. The molecular formula is C28H36N2O6S. The van der Waals surface area contributed by atoms with Crippen molar-refractivity contribution in [2.75, 3.05) is 25.3 Å². The van der Waals surface area contributed by atoms with Crippen LogP contribution in [-0.2, 0) is 14.9 Å². The normalized spacial score (nSPS) is 17.9. The van der Waals surface area contributed by atoms with Crippen LogP contribution in [0.1, 0.15) is 32.7 Å². The molecule has 0 aromatic heterocycles. The Morgan fingerprint density at radius 3 is 2.41 bits per heavy atom. The zero-order valence-corrected chi connectivity index (χ0v) is 21.4. The van der Waals surface area contributed by atoms with Crippen LogP contribution in [0.2, 0.25) is 0 Å². The molecule has 1 saturated heterocycles. The highest BCUT2D eigenvalue weighted by Gasteiger charge is 2.51. The fraction of sp³-hybridized carbons (Fsp3) is 0.321. The molecule has 2 aliphatic heterocycles. The summed E-state index contributed by atoms with van der Waals surface area (Å²) in [7, 11) is 0. The Hall–Kier alpha value is -3.08. The molecule has 3 aromatic carbocycles. The minimum atomic E-state index is -0.481. The standard InChI is InChI=1S/C23H19NO3S.C5H11NO.2H2O.H2/c25-22(23(10-11-23)17-6-9-20-21(13-17)27-14-26-20)24-18-3-1-2-16(12-18)15-4-7-19(28)8-5-15;6-4-5-2-1-3-7-5;;;/h1-9,12-13,28H,10-11,14H2,(H,24,25);5H,1-4,6H2;2*1H2;1H/t;5-;;;/m.0.../s1. The Morgan fingerprint density at radius 1 is 1.00 bits per heavy atom. The van der Waals surface area contributed by atoms with E-state index in [1.165, 1.54) is 6.42 Å². The van der Waals surface area contributed by atoms with Gasteiger partial charge in [-0.1, -0.05) is 30.3 Å². The van der Waals surface area contributed by atoms with Gasteiger partial charge in [-0.3, -0.25) is 4.79 Å². The number of thiol groups is 1. The Morgan fingerprint density at radius 2 is 1.76 bits per heavy atom. The van der Waals surface area contributed by atoms with Gasteiger partial charge in [0.25, 0.3) is 0 Å². The zero-order valence-electron chi connectivity index (χ0n) is 20.5. The van der Waals surface area contributed by atoms with E-state index in [9.17, 15) is 4.79 Å². The van der Waals surface area contributed by atoms with Crippen molar-refractivity contribution in [2.45, 2.75) is 42.1 Å². The second kappa shape index (κ2) is 12.4. The van der Waals surface area contributed by atoms with E-state index in [1.807, 2.05) is 66.7 Å². The Balaban J connectivity index is 0.000000445. The largest absolute Gasteiger partial charge is 0.454 e. The average Bonchev–Trinajstić information content (AvgIpc) is 3.28. The van der Waals surface area contributed by atoms with Crippen LogP contribution >= 0.6 is 12.6 Å². The first-order valence-electron chi connectivity index (χ1n) is 12.0. The third kappa shape index (κ3) is 6.44. The molecule has 1 saturated carbocycles. The number of hydrogen-bond donors (Lipinski definition) is 3. The lowest BCUT2D eigenvalue weighted by Gasteiger charge is -2.17. The van der Waals surface area contributed by atoms with Crippen LogP contribution < -0.4 is 20.5 Å². The van der Waals surface area contributed by atoms with E-state index in [1.54, 1.807) is 0 Å². The van der Waals surface area contributed by atoms with Crippen molar-refractivity contribution < 1.29 is 31.4 Å². The molecule has 0 bridgehead atoms. The van der Waals surface area contributed by atoms with Crippen molar-refractivity contribution in [3.63, 3.8) is 0 Å². The number of carbonyl (C=O) groups excluding carboxylic acids is 1.